The molecule has 0 saturated carbocycles. The second kappa shape index (κ2) is 5.29. The van der Waals surface area contributed by atoms with Gasteiger partial charge < -0.3 is 0 Å². The summed E-state index contributed by atoms with van der Waals surface area (Å²) in [5.41, 5.74) is 1.90. The number of hydrazone groups is 1. The molecule has 1 aromatic carbocycles. The van der Waals surface area contributed by atoms with E-state index in [0.717, 1.165) is 17.7 Å². The second-order valence-corrected chi connectivity index (χ2v) is 5.24. The Morgan fingerprint density at radius 3 is 2.67 bits per heavy atom. The van der Waals surface area contributed by atoms with Gasteiger partial charge in [-0.15, -0.1) is 0 Å². The molecule has 18 heavy (non-hydrogen) atoms. The Kier molecular flexibility index (Phi) is 3.93. The lowest BCUT2D eigenvalue weighted by Crippen LogP contribution is -2.33. The number of hydrogen-bond acceptors (Lipinski definition) is 2. The van der Waals surface area contributed by atoms with Gasteiger partial charge in [0, 0.05) is 12.1 Å². The Bertz CT molecular complexity index is 514. The fourth-order valence-corrected chi connectivity index (χ4v) is 2.21. The van der Waals surface area contributed by atoms with Gasteiger partial charge in [0.2, 0.25) is 5.91 Å². The van der Waals surface area contributed by atoms with E-state index in [1.807, 2.05) is 19.9 Å². The first-order valence-electron chi connectivity index (χ1n) is 5.80. The number of benzene rings is 1. The largest absolute Gasteiger partial charge is 0.273 e. The van der Waals surface area contributed by atoms with Gasteiger partial charge in [-0.2, -0.15) is 5.10 Å². The van der Waals surface area contributed by atoms with E-state index in [9.17, 15) is 4.79 Å². The van der Waals surface area contributed by atoms with E-state index >= 15 is 0 Å². The molecule has 0 radical (unpaired) electrons. The van der Waals surface area contributed by atoms with Crippen molar-refractivity contribution in [3.8, 4) is 0 Å². The van der Waals surface area contributed by atoms with Crippen LogP contribution in [0, 0.1) is 0 Å². The van der Waals surface area contributed by atoms with Gasteiger partial charge in [-0.1, -0.05) is 29.3 Å². The van der Waals surface area contributed by atoms with Gasteiger partial charge in [0.05, 0.1) is 16.1 Å². The predicted octanol–water partition coefficient (Wildman–Crippen LogP) is 4.05. The maximum absolute atomic E-state index is 11.9. The van der Waals surface area contributed by atoms with Crippen molar-refractivity contribution in [2.24, 2.45) is 5.10 Å². The highest BCUT2D eigenvalue weighted by Crippen LogP contribution is 2.29. The molecule has 3 nitrogen and oxygen atoms in total. The van der Waals surface area contributed by atoms with Crippen molar-refractivity contribution in [2.75, 3.05) is 0 Å². The summed E-state index contributed by atoms with van der Waals surface area (Å²) in [5.74, 6) is 0.0409. The van der Waals surface area contributed by atoms with E-state index in [4.69, 9.17) is 23.2 Å². The molecule has 0 aliphatic carbocycles. The van der Waals surface area contributed by atoms with Crippen LogP contribution < -0.4 is 0 Å². The van der Waals surface area contributed by atoms with Crippen LogP contribution in [0.3, 0.4) is 0 Å². The minimum atomic E-state index is -0.137. The first kappa shape index (κ1) is 13.4. The number of nitrogens with zero attached hydrogens (tertiary/aromatic N) is 2. The van der Waals surface area contributed by atoms with E-state index in [1.165, 1.54) is 5.01 Å². The van der Waals surface area contributed by atoms with Crippen LogP contribution in [0.25, 0.3) is 0 Å². The summed E-state index contributed by atoms with van der Waals surface area (Å²) in [6, 6.07) is 5.25. The highest BCUT2D eigenvalue weighted by molar-refractivity contribution is 6.42. The van der Waals surface area contributed by atoms with Gasteiger partial charge in [0.25, 0.3) is 0 Å². The Hall–Kier alpha value is -1.06. The van der Waals surface area contributed by atoms with Gasteiger partial charge in [-0.25, -0.2) is 5.01 Å². The fraction of sp³-hybridized carbons (Fsp3) is 0.385. The van der Waals surface area contributed by atoms with Crippen LogP contribution in [0.2, 0.25) is 10.0 Å². The average molecular weight is 285 g/mol. The van der Waals surface area contributed by atoms with Gasteiger partial charge in [0.1, 0.15) is 0 Å². The predicted molar refractivity (Wildman–Crippen MR) is 74.1 cm³/mol. The van der Waals surface area contributed by atoms with Crippen molar-refractivity contribution >= 4 is 34.8 Å². The number of carbonyl (C=O) groups excluding carboxylic acids is 1. The molecule has 1 aliphatic rings. The topological polar surface area (TPSA) is 32.7 Å². The SMILES string of the molecule is CC1=NN(C(C)c2ccc(Cl)c(Cl)c2)C(=O)CC1. The highest BCUT2D eigenvalue weighted by Gasteiger charge is 2.24. The number of hydrogen-bond donors (Lipinski definition) is 0. The molecule has 1 atom stereocenters. The summed E-state index contributed by atoms with van der Waals surface area (Å²) in [6.07, 6.45) is 1.25. The zero-order valence-corrected chi connectivity index (χ0v) is 11.8. The first-order chi connectivity index (χ1) is 8.49. The van der Waals surface area contributed by atoms with Crippen molar-refractivity contribution in [3.63, 3.8) is 0 Å². The fourth-order valence-electron chi connectivity index (χ4n) is 1.91. The van der Waals surface area contributed by atoms with Gasteiger partial charge in [-0.3, -0.25) is 4.79 Å². The molecule has 5 heteroatoms. The minimum Gasteiger partial charge on any atom is -0.273 e. The lowest BCUT2D eigenvalue weighted by atomic mass is 10.1. The molecular weight excluding hydrogens is 271 g/mol. The van der Waals surface area contributed by atoms with Crippen LogP contribution in [-0.4, -0.2) is 16.6 Å². The third-order valence-corrected chi connectivity index (χ3v) is 3.77. The zero-order valence-electron chi connectivity index (χ0n) is 10.3. The summed E-state index contributed by atoms with van der Waals surface area (Å²) >= 11 is 11.9. The number of amides is 1. The lowest BCUT2D eigenvalue weighted by molar-refractivity contribution is -0.134. The first-order valence-corrected chi connectivity index (χ1v) is 6.55. The molecule has 1 unspecified atom stereocenters. The molecule has 0 N–H and O–H groups in total. The Balaban J connectivity index is 2.30. The molecule has 0 aromatic heterocycles. The van der Waals surface area contributed by atoms with E-state index < -0.39 is 0 Å². The maximum atomic E-state index is 11.9. The van der Waals surface area contributed by atoms with E-state index in [0.29, 0.717) is 16.5 Å². The lowest BCUT2D eigenvalue weighted by Gasteiger charge is -2.28. The quantitative estimate of drug-likeness (QED) is 0.806. The molecule has 0 fully saturated rings. The Morgan fingerprint density at radius 1 is 1.28 bits per heavy atom. The highest BCUT2D eigenvalue weighted by atomic mass is 35.5. The van der Waals surface area contributed by atoms with Crippen LogP contribution in [0.4, 0.5) is 0 Å². The van der Waals surface area contributed by atoms with Crippen LogP contribution in [-0.2, 0) is 4.79 Å². The summed E-state index contributed by atoms with van der Waals surface area (Å²) in [5, 5.41) is 6.85. The van der Waals surface area contributed by atoms with Crippen LogP contribution in [0.5, 0.6) is 0 Å². The molecule has 1 aromatic rings. The maximum Gasteiger partial charge on any atom is 0.243 e. The molecular formula is C13H14Cl2N2O. The summed E-state index contributed by atoms with van der Waals surface area (Å²) < 4.78 is 0. The van der Waals surface area contributed by atoms with Crippen LogP contribution >= 0.6 is 23.2 Å². The summed E-state index contributed by atoms with van der Waals surface area (Å²) in [4.78, 5) is 11.9. The van der Waals surface area contributed by atoms with Crippen molar-refractivity contribution in [3.05, 3.63) is 33.8 Å². The van der Waals surface area contributed by atoms with Crippen molar-refractivity contribution in [1.29, 1.82) is 0 Å². The molecule has 1 aliphatic heterocycles. The number of halogens is 2. The number of carbonyl (C=O) groups is 1. The van der Waals surface area contributed by atoms with Crippen molar-refractivity contribution < 1.29 is 4.79 Å². The Morgan fingerprint density at radius 2 is 2.00 bits per heavy atom. The summed E-state index contributed by atoms with van der Waals surface area (Å²) in [7, 11) is 0. The number of rotatable bonds is 2. The van der Waals surface area contributed by atoms with Crippen LogP contribution in [0.15, 0.2) is 23.3 Å². The van der Waals surface area contributed by atoms with E-state index in [-0.39, 0.29) is 11.9 Å². The second-order valence-electron chi connectivity index (χ2n) is 4.42. The normalized spacial score (nSPS) is 17.7. The minimum absolute atomic E-state index is 0.0409. The summed E-state index contributed by atoms with van der Waals surface area (Å²) in [6.45, 7) is 3.86. The van der Waals surface area contributed by atoms with Crippen molar-refractivity contribution in [2.45, 2.75) is 32.7 Å². The Labute approximate surface area is 116 Å². The van der Waals surface area contributed by atoms with Crippen molar-refractivity contribution in [1.82, 2.24) is 5.01 Å². The molecule has 0 bridgehead atoms. The molecule has 1 amide bonds. The van der Waals surface area contributed by atoms with Gasteiger partial charge in [-0.05, 0) is 38.0 Å². The smallest absolute Gasteiger partial charge is 0.243 e. The van der Waals surface area contributed by atoms with Gasteiger partial charge in [0.15, 0.2) is 0 Å². The third-order valence-electron chi connectivity index (χ3n) is 3.03. The molecule has 96 valence electrons. The van der Waals surface area contributed by atoms with Gasteiger partial charge >= 0.3 is 0 Å². The monoisotopic (exact) mass is 284 g/mol. The van der Waals surface area contributed by atoms with E-state index in [2.05, 4.69) is 5.10 Å². The molecule has 0 spiro atoms. The molecule has 0 saturated heterocycles. The zero-order chi connectivity index (χ0) is 13.3. The third kappa shape index (κ3) is 2.68. The van der Waals surface area contributed by atoms with Crippen LogP contribution in [0.1, 0.15) is 38.3 Å². The molecule has 1 heterocycles. The molecule has 2 rings (SSSR count). The average Bonchev–Trinajstić information content (AvgIpc) is 2.35. The van der Waals surface area contributed by atoms with E-state index in [1.54, 1.807) is 12.1 Å². The standard InChI is InChI=1S/C13H14Cl2N2O/c1-8-3-6-13(18)17(16-8)9(2)10-4-5-11(14)12(15)7-10/h4-5,7,9H,3,6H2,1-2H3.